The minimum atomic E-state index is -0.482. The number of rotatable bonds is 9. The summed E-state index contributed by atoms with van der Waals surface area (Å²) >= 11 is 0. The Labute approximate surface area is 199 Å². The molecule has 0 bridgehead atoms. The van der Waals surface area contributed by atoms with E-state index in [1.807, 2.05) is 36.4 Å². The number of allylic oxidation sites excluding steroid dienone is 1. The monoisotopic (exact) mass is 457 g/mol. The second kappa shape index (κ2) is 12.2. The molecule has 0 spiro atoms. The number of nitrogens with zero attached hydrogens (tertiary/aromatic N) is 1. The van der Waals surface area contributed by atoms with Crippen molar-refractivity contribution in [1.82, 2.24) is 0 Å². The van der Waals surface area contributed by atoms with Crippen LogP contribution in [0.5, 0.6) is 0 Å². The number of ether oxygens (including phenoxy) is 2. The number of carbonyl (C=O) groups is 3. The molecular formula is C28H27NO5. The van der Waals surface area contributed by atoms with Crippen molar-refractivity contribution in [3.8, 4) is 0 Å². The molecule has 34 heavy (non-hydrogen) atoms. The summed E-state index contributed by atoms with van der Waals surface area (Å²) in [6, 6.07) is 25.3. The van der Waals surface area contributed by atoms with Crippen molar-refractivity contribution in [2.24, 2.45) is 0 Å². The molecule has 0 aliphatic heterocycles. The summed E-state index contributed by atoms with van der Waals surface area (Å²) in [5.74, 6) is -1.25. The summed E-state index contributed by atoms with van der Waals surface area (Å²) < 4.78 is 10.4. The van der Waals surface area contributed by atoms with Gasteiger partial charge < -0.3 is 9.47 Å². The van der Waals surface area contributed by atoms with Gasteiger partial charge in [0.05, 0.1) is 12.2 Å². The SMILES string of the molecule is CCOC(=O)CN(C(=O)/C=C(\C)c1ccc(C(=O)OCc2ccccc2)cc1)c1ccccc1. The predicted octanol–water partition coefficient (Wildman–Crippen LogP) is 5.04. The van der Waals surface area contributed by atoms with Crippen molar-refractivity contribution in [3.63, 3.8) is 0 Å². The first-order valence-corrected chi connectivity index (χ1v) is 11.0. The zero-order valence-electron chi connectivity index (χ0n) is 19.3. The minimum Gasteiger partial charge on any atom is -0.465 e. The van der Waals surface area contributed by atoms with E-state index in [2.05, 4.69) is 0 Å². The maximum absolute atomic E-state index is 13.0. The van der Waals surface area contributed by atoms with Crippen LogP contribution in [0.15, 0.2) is 91.0 Å². The molecule has 3 aromatic rings. The Hall–Kier alpha value is -4.19. The number of para-hydroxylation sites is 1. The van der Waals surface area contributed by atoms with Gasteiger partial charge in [0.25, 0.3) is 5.91 Å². The molecular weight excluding hydrogens is 430 g/mol. The van der Waals surface area contributed by atoms with Gasteiger partial charge in [-0.15, -0.1) is 0 Å². The average Bonchev–Trinajstić information content (AvgIpc) is 2.87. The van der Waals surface area contributed by atoms with Crippen molar-refractivity contribution < 1.29 is 23.9 Å². The standard InChI is InChI=1S/C28H27NO5/c1-3-33-27(31)19-29(25-12-8-5-9-13-25)26(30)18-21(2)23-14-16-24(17-15-23)28(32)34-20-22-10-6-4-7-11-22/h4-18H,3,19-20H2,1-2H3/b21-18+. The zero-order valence-corrected chi connectivity index (χ0v) is 19.3. The molecule has 3 aromatic carbocycles. The molecule has 0 radical (unpaired) electrons. The molecule has 0 aliphatic carbocycles. The number of hydrogen-bond donors (Lipinski definition) is 0. The Morgan fingerprint density at radius 2 is 1.38 bits per heavy atom. The lowest BCUT2D eigenvalue weighted by Gasteiger charge is -2.20. The van der Waals surface area contributed by atoms with Crippen LogP contribution in [0.1, 0.15) is 35.3 Å². The van der Waals surface area contributed by atoms with Crippen LogP contribution in [-0.4, -0.2) is 31.0 Å². The topological polar surface area (TPSA) is 72.9 Å². The van der Waals surface area contributed by atoms with Crippen LogP contribution in [0, 0.1) is 0 Å². The van der Waals surface area contributed by atoms with Gasteiger partial charge >= 0.3 is 11.9 Å². The lowest BCUT2D eigenvalue weighted by Crippen LogP contribution is -2.35. The highest BCUT2D eigenvalue weighted by atomic mass is 16.5. The van der Waals surface area contributed by atoms with Crippen LogP contribution >= 0.6 is 0 Å². The first-order valence-electron chi connectivity index (χ1n) is 11.0. The van der Waals surface area contributed by atoms with Crippen LogP contribution in [0.2, 0.25) is 0 Å². The van der Waals surface area contributed by atoms with E-state index in [0.717, 1.165) is 11.1 Å². The molecule has 0 saturated heterocycles. The highest BCUT2D eigenvalue weighted by molar-refractivity contribution is 6.07. The van der Waals surface area contributed by atoms with E-state index < -0.39 is 11.9 Å². The molecule has 0 fully saturated rings. The van der Waals surface area contributed by atoms with Crippen molar-refractivity contribution in [2.75, 3.05) is 18.1 Å². The number of esters is 2. The van der Waals surface area contributed by atoms with E-state index in [1.54, 1.807) is 62.4 Å². The average molecular weight is 458 g/mol. The highest BCUT2D eigenvalue weighted by Gasteiger charge is 2.18. The normalized spacial score (nSPS) is 10.9. The number of anilines is 1. The van der Waals surface area contributed by atoms with Crippen LogP contribution in [0.25, 0.3) is 5.57 Å². The summed E-state index contributed by atoms with van der Waals surface area (Å²) in [5.41, 5.74) is 3.40. The number of hydrogen-bond acceptors (Lipinski definition) is 5. The Bertz CT molecular complexity index is 1140. The van der Waals surface area contributed by atoms with Crippen LogP contribution in [0.4, 0.5) is 5.69 Å². The van der Waals surface area contributed by atoms with Gasteiger partial charge in [-0.25, -0.2) is 4.79 Å². The molecule has 0 saturated carbocycles. The second-order valence-corrected chi connectivity index (χ2v) is 7.53. The quantitative estimate of drug-likeness (QED) is 0.332. The Morgan fingerprint density at radius 1 is 0.794 bits per heavy atom. The first kappa shape index (κ1) is 24.5. The molecule has 0 N–H and O–H groups in total. The van der Waals surface area contributed by atoms with Crippen LogP contribution in [0.3, 0.4) is 0 Å². The predicted molar refractivity (Wildman–Crippen MR) is 131 cm³/mol. The van der Waals surface area contributed by atoms with E-state index in [-0.39, 0.29) is 25.7 Å². The van der Waals surface area contributed by atoms with Gasteiger partial charge in [-0.1, -0.05) is 60.7 Å². The van der Waals surface area contributed by atoms with Crippen LogP contribution in [-0.2, 0) is 25.7 Å². The molecule has 0 heterocycles. The Kier molecular flexibility index (Phi) is 8.74. The fourth-order valence-corrected chi connectivity index (χ4v) is 3.26. The second-order valence-electron chi connectivity index (χ2n) is 7.53. The van der Waals surface area contributed by atoms with E-state index in [1.165, 1.54) is 11.0 Å². The van der Waals surface area contributed by atoms with Gasteiger partial charge in [0.15, 0.2) is 0 Å². The molecule has 174 valence electrons. The fraction of sp³-hybridized carbons (Fsp3) is 0.179. The van der Waals surface area contributed by atoms with Crippen molar-refractivity contribution >= 4 is 29.1 Å². The largest absolute Gasteiger partial charge is 0.465 e. The summed E-state index contributed by atoms with van der Waals surface area (Å²) in [6.07, 6.45) is 1.47. The molecule has 6 heteroatoms. The highest BCUT2D eigenvalue weighted by Crippen LogP contribution is 2.19. The Balaban J connectivity index is 1.70. The third-order valence-corrected chi connectivity index (χ3v) is 5.06. The van der Waals surface area contributed by atoms with Crippen molar-refractivity contribution in [3.05, 3.63) is 108 Å². The Morgan fingerprint density at radius 3 is 2.00 bits per heavy atom. The molecule has 3 rings (SSSR count). The van der Waals surface area contributed by atoms with E-state index in [0.29, 0.717) is 16.8 Å². The third kappa shape index (κ3) is 6.90. The van der Waals surface area contributed by atoms with E-state index >= 15 is 0 Å². The zero-order chi connectivity index (χ0) is 24.3. The molecule has 0 aromatic heterocycles. The van der Waals surface area contributed by atoms with Gasteiger partial charge in [0, 0.05) is 11.8 Å². The molecule has 0 unspecified atom stereocenters. The summed E-state index contributed by atoms with van der Waals surface area (Å²) in [6.45, 7) is 3.77. The first-order chi connectivity index (χ1) is 16.5. The molecule has 0 atom stereocenters. The van der Waals surface area contributed by atoms with E-state index in [9.17, 15) is 14.4 Å². The minimum absolute atomic E-state index is 0.188. The van der Waals surface area contributed by atoms with Gasteiger partial charge in [0.1, 0.15) is 13.2 Å². The maximum Gasteiger partial charge on any atom is 0.338 e. The number of benzene rings is 3. The molecule has 0 aliphatic rings. The van der Waals surface area contributed by atoms with Gasteiger partial charge in [-0.05, 0) is 54.8 Å². The third-order valence-electron chi connectivity index (χ3n) is 5.06. The number of carbonyl (C=O) groups excluding carboxylic acids is 3. The van der Waals surface area contributed by atoms with Gasteiger partial charge in [-0.3, -0.25) is 14.5 Å². The van der Waals surface area contributed by atoms with Crippen molar-refractivity contribution in [2.45, 2.75) is 20.5 Å². The summed E-state index contributed by atoms with van der Waals surface area (Å²) in [7, 11) is 0. The van der Waals surface area contributed by atoms with E-state index in [4.69, 9.17) is 9.47 Å². The maximum atomic E-state index is 13.0. The lowest BCUT2D eigenvalue weighted by molar-refractivity contribution is -0.142. The van der Waals surface area contributed by atoms with Crippen molar-refractivity contribution in [1.29, 1.82) is 0 Å². The van der Waals surface area contributed by atoms with Gasteiger partial charge in [0.2, 0.25) is 0 Å². The molecule has 1 amide bonds. The fourth-order valence-electron chi connectivity index (χ4n) is 3.26. The lowest BCUT2D eigenvalue weighted by atomic mass is 10.0. The summed E-state index contributed by atoms with van der Waals surface area (Å²) in [5, 5.41) is 0. The molecule has 6 nitrogen and oxygen atoms in total. The summed E-state index contributed by atoms with van der Waals surface area (Å²) in [4.78, 5) is 38.8. The smallest absolute Gasteiger partial charge is 0.338 e. The number of amides is 1. The van der Waals surface area contributed by atoms with Crippen LogP contribution < -0.4 is 4.90 Å². The van der Waals surface area contributed by atoms with Gasteiger partial charge in [-0.2, -0.15) is 0 Å².